The zero-order valence-corrected chi connectivity index (χ0v) is 18.7. The van der Waals surface area contributed by atoms with Crippen molar-refractivity contribution in [2.45, 2.75) is 38.0 Å². The van der Waals surface area contributed by atoms with Gasteiger partial charge in [0.1, 0.15) is 6.04 Å². The molecule has 1 amide bonds. The summed E-state index contributed by atoms with van der Waals surface area (Å²) >= 11 is 5.64. The number of hydrogen-bond acceptors (Lipinski definition) is 4. The molecule has 2 aromatic rings. The van der Waals surface area contributed by atoms with E-state index in [0.717, 1.165) is 11.1 Å². The van der Waals surface area contributed by atoms with Gasteiger partial charge in [0.05, 0.1) is 5.25 Å². The zero-order chi connectivity index (χ0) is 21.4. The maximum absolute atomic E-state index is 12.1. The van der Waals surface area contributed by atoms with Crippen molar-refractivity contribution in [2.24, 2.45) is 5.92 Å². The van der Waals surface area contributed by atoms with E-state index in [4.69, 9.17) is 0 Å². The van der Waals surface area contributed by atoms with Crippen LogP contribution in [0.2, 0.25) is 0 Å². The second kappa shape index (κ2) is 11.3. The van der Waals surface area contributed by atoms with Crippen molar-refractivity contribution in [1.29, 1.82) is 0 Å². The van der Waals surface area contributed by atoms with E-state index in [2.05, 4.69) is 56.1 Å². The first kappa shape index (κ1) is 23.4. The predicted molar refractivity (Wildman–Crippen MR) is 124 cm³/mol. The van der Waals surface area contributed by atoms with Crippen LogP contribution in [-0.2, 0) is 9.59 Å². The van der Waals surface area contributed by atoms with Crippen LogP contribution in [0.1, 0.15) is 48.6 Å². The van der Waals surface area contributed by atoms with E-state index in [1.54, 1.807) is 6.92 Å². The highest BCUT2D eigenvalue weighted by atomic mass is 32.2. The van der Waals surface area contributed by atoms with Gasteiger partial charge in [0, 0.05) is 17.4 Å². The summed E-state index contributed by atoms with van der Waals surface area (Å²) in [5.41, 5.74) is 3.49. The summed E-state index contributed by atoms with van der Waals surface area (Å²) in [4.78, 5) is 23.8. The average molecular weight is 432 g/mol. The van der Waals surface area contributed by atoms with Gasteiger partial charge in [-0.1, -0.05) is 75.4 Å². The Kier molecular flexibility index (Phi) is 9.11. The van der Waals surface area contributed by atoms with E-state index in [9.17, 15) is 14.7 Å². The van der Waals surface area contributed by atoms with Gasteiger partial charge in [-0.15, -0.1) is 11.8 Å². The third kappa shape index (κ3) is 6.82. The first-order chi connectivity index (χ1) is 13.8. The van der Waals surface area contributed by atoms with E-state index in [-0.39, 0.29) is 22.8 Å². The number of thioether (sulfide) groups is 1. The van der Waals surface area contributed by atoms with Crippen LogP contribution in [0.15, 0.2) is 54.6 Å². The molecule has 2 aromatic carbocycles. The molecule has 0 aromatic heterocycles. The van der Waals surface area contributed by atoms with Crippen LogP contribution in [0, 0.1) is 5.92 Å². The van der Waals surface area contributed by atoms with Crippen molar-refractivity contribution >= 4 is 36.3 Å². The van der Waals surface area contributed by atoms with Crippen molar-refractivity contribution in [3.05, 3.63) is 71.3 Å². The lowest BCUT2D eigenvalue weighted by molar-refractivity contribution is -0.141. The molecule has 0 heterocycles. The summed E-state index contributed by atoms with van der Waals surface area (Å²) in [6, 6.07) is 17.5. The van der Waals surface area contributed by atoms with E-state index in [0.29, 0.717) is 11.7 Å². The Bertz CT molecular complexity index is 794. The molecule has 0 fully saturated rings. The molecule has 0 saturated carbocycles. The molecule has 0 saturated heterocycles. The van der Waals surface area contributed by atoms with E-state index >= 15 is 0 Å². The zero-order valence-electron chi connectivity index (χ0n) is 17.0. The largest absolute Gasteiger partial charge is 0.480 e. The maximum Gasteiger partial charge on any atom is 0.327 e. The normalized spacial score (nSPS) is 14.2. The summed E-state index contributed by atoms with van der Waals surface area (Å²) in [7, 11) is 0. The second-order valence-electron chi connectivity index (χ2n) is 7.43. The van der Waals surface area contributed by atoms with Crippen LogP contribution in [0.25, 0.3) is 0 Å². The lowest BCUT2D eigenvalue weighted by Gasteiger charge is -2.22. The lowest BCUT2D eigenvalue weighted by atomic mass is 9.98. The Morgan fingerprint density at radius 2 is 1.52 bits per heavy atom. The molecule has 3 atom stereocenters. The number of thiol groups is 1. The first-order valence-corrected chi connectivity index (χ1v) is 11.4. The molecule has 2 N–H and O–H groups in total. The van der Waals surface area contributed by atoms with Crippen LogP contribution in [0.3, 0.4) is 0 Å². The van der Waals surface area contributed by atoms with Crippen molar-refractivity contribution < 1.29 is 14.7 Å². The molecule has 0 aliphatic heterocycles. The van der Waals surface area contributed by atoms with Crippen LogP contribution in [0.4, 0.5) is 0 Å². The highest BCUT2D eigenvalue weighted by molar-refractivity contribution is 7.99. The average Bonchev–Trinajstić information content (AvgIpc) is 2.73. The molecule has 2 rings (SSSR count). The third-order valence-electron chi connectivity index (χ3n) is 4.77. The molecule has 0 aliphatic carbocycles. The number of carboxylic acid groups (broad SMARTS) is 1. The van der Waals surface area contributed by atoms with Gasteiger partial charge in [0.2, 0.25) is 5.91 Å². The number of rotatable bonds is 10. The molecule has 4 nitrogen and oxygen atoms in total. The van der Waals surface area contributed by atoms with Crippen LogP contribution < -0.4 is 5.32 Å². The monoisotopic (exact) mass is 431 g/mol. The van der Waals surface area contributed by atoms with Crippen LogP contribution >= 0.6 is 24.4 Å². The number of hydrogen-bond donors (Lipinski definition) is 3. The van der Waals surface area contributed by atoms with Gasteiger partial charge in [0.25, 0.3) is 0 Å². The van der Waals surface area contributed by atoms with Crippen LogP contribution in [0.5, 0.6) is 0 Å². The molecule has 0 radical (unpaired) electrons. The molecule has 0 aliphatic rings. The van der Waals surface area contributed by atoms with Crippen LogP contribution in [-0.4, -0.2) is 34.5 Å². The fourth-order valence-corrected chi connectivity index (χ4v) is 4.31. The van der Waals surface area contributed by atoms with Gasteiger partial charge in [-0.05, 0) is 22.6 Å². The number of benzene rings is 2. The molecule has 0 bridgehead atoms. The molecule has 0 spiro atoms. The fourth-order valence-electron chi connectivity index (χ4n) is 2.83. The summed E-state index contributed by atoms with van der Waals surface area (Å²) in [5.74, 6) is -0.554. The number of carboxylic acids is 1. The van der Waals surface area contributed by atoms with Crippen molar-refractivity contribution in [2.75, 3.05) is 11.5 Å². The Morgan fingerprint density at radius 3 is 2.03 bits per heavy atom. The number of nitrogens with one attached hydrogen (secondary N) is 1. The summed E-state index contributed by atoms with van der Waals surface area (Å²) in [6.07, 6.45) is 0. The Morgan fingerprint density at radius 1 is 0.966 bits per heavy atom. The summed E-state index contributed by atoms with van der Waals surface area (Å²) < 4.78 is 0. The van der Waals surface area contributed by atoms with Gasteiger partial charge < -0.3 is 10.4 Å². The highest BCUT2D eigenvalue weighted by Crippen LogP contribution is 2.36. The number of aliphatic carboxylic acids is 1. The van der Waals surface area contributed by atoms with Gasteiger partial charge in [0.15, 0.2) is 0 Å². The quantitative estimate of drug-likeness (QED) is 0.474. The molecule has 29 heavy (non-hydrogen) atoms. The minimum absolute atomic E-state index is 0.0153. The predicted octanol–water partition coefficient (Wildman–Crippen LogP) is 4.77. The molecule has 1 unspecified atom stereocenters. The fraction of sp³-hybridized carbons (Fsp3) is 0.391. The smallest absolute Gasteiger partial charge is 0.327 e. The standard InChI is InChI=1S/C23H29NO3S2/c1-15(2)17-9-11-19(12-10-17)21(18-7-5-4-6-8-18)29-14-20(23(26)27)24-22(25)16(3)13-28/h4-12,15-16,20-21,28H,13-14H2,1-3H3,(H,24,25)(H,26,27)/t16-,20+,21?/m1/s1. The third-order valence-corrected chi connectivity index (χ3v) is 6.72. The van der Waals surface area contributed by atoms with Crippen molar-refractivity contribution in [3.8, 4) is 0 Å². The van der Waals surface area contributed by atoms with Crippen molar-refractivity contribution in [3.63, 3.8) is 0 Å². The molecular formula is C23H29NO3S2. The Labute approximate surface area is 182 Å². The highest BCUT2D eigenvalue weighted by Gasteiger charge is 2.25. The van der Waals surface area contributed by atoms with Gasteiger partial charge >= 0.3 is 5.97 Å². The summed E-state index contributed by atoms with van der Waals surface area (Å²) in [5, 5.41) is 12.2. The van der Waals surface area contributed by atoms with E-state index in [1.807, 2.05) is 30.3 Å². The number of carbonyl (C=O) groups is 2. The van der Waals surface area contributed by atoms with E-state index < -0.39 is 12.0 Å². The molecular weight excluding hydrogens is 402 g/mol. The minimum Gasteiger partial charge on any atom is -0.480 e. The van der Waals surface area contributed by atoms with Gasteiger partial charge in [-0.3, -0.25) is 4.79 Å². The summed E-state index contributed by atoms with van der Waals surface area (Å²) in [6.45, 7) is 6.05. The SMILES string of the molecule is CC(C)c1ccc(C(SC[C@H](NC(=O)[C@H](C)CS)C(=O)O)c2ccccc2)cc1. The number of carbonyl (C=O) groups excluding carboxylic acids is 1. The first-order valence-electron chi connectivity index (χ1n) is 9.74. The second-order valence-corrected chi connectivity index (χ2v) is 8.93. The Hall–Kier alpha value is -1.92. The minimum atomic E-state index is -1.03. The molecule has 156 valence electrons. The Balaban J connectivity index is 2.21. The van der Waals surface area contributed by atoms with Gasteiger partial charge in [-0.25, -0.2) is 4.79 Å². The maximum atomic E-state index is 12.1. The number of amides is 1. The topological polar surface area (TPSA) is 66.4 Å². The van der Waals surface area contributed by atoms with Gasteiger partial charge in [-0.2, -0.15) is 12.6 Å². The molecule has 6 heteroatoms. The van der Waals surface area contributed by atoms with Crippen molar-refractivity contribution in [1.82, 2.24) is 5.32 Å². The lowest BCUT2D eigenvalue weighted by Crippen LogP contribution is -2.45. The van der Waals surface area contributed by atoms with E-state index in [1.165, 1.54) is 17.3 Å².